The predicted molar refractivity (Wildman–Crippen MR) is 79.7 cm³/mol. The number of aliphatic hydroxyl groups is 1. The lowest BCUT2D eigenvalue weighted by molar-refractivity contribution is -0.0220. The van der Waals surface area contributed by atoms with Gasteiger partial charge in [-0.2, -0.15) is 0 Å². The molecule has 1 saturated heterocycles. The van der Waals surface area contributed by atoms with Crippen molar-refractivity contribution in [3.05, 3.63) is 35.4 Å². The topological polar surface area (TPSA) is 32.7 Å². The fourth-order valence-corrected chi connectivity index (χ4v) is 3.76. The van der Waals surface area contributed by atoms with Crippen LogP contribution >= 0.6 is 0 Å². The summed E-state index contributed by atoms with van der Waals surface area (Å²) in [4.78, 5) is 2.45. The highest BCUT2D eigenvalue weighted by molar-refractivity contribution is 5.31. The summed E-state index contributed by atoms with van der Waals surface area (Å²) < 4.78 is 5.52. The number of aryl methyl sites for hydroxylation is 1. The molecule has 0 saturated carbocycles. The largest absolute Gasteiger partial charge is 0.387 e. The average molecular weight is 275 g/mol. The molecule has 1 aromatic carbocycles. The second-order valence-corrected chi connectivity index (χ2v) is 6.10. The van der Waals surface area contributed by atoms with E-state index >= 15 is 0 Å². The molecule has 3 heteroatoms. The molecule has 3 nitrogen and oxygen atoms in total. The summed E-state index contributed by atoms with van der Waals surface area (Å²) in [5.74, 6) is 0. The van der Waals surface area contributed by atoms with Crippen LogP contribution in [-0.4, -0.2) is 42.4 Å². The number of rotatable bonds is 2. The molecule has 3 atom stereocenters. The van der Waals surface area contributed by atoms with E-state index in [2.05, 4.69) is 23.1 Å². The molecule has 0 amide bonds. The van der Waals surface area contributed by atoms with Crippen molar-refractivity contribution in [2.75, 3.05) is 20.2 Å². The fraction of sp³-hybridized carbons (Fsp3) is 0.647. The van der Waals surface area contributed by atoms with Crippen molar-refractivity contribution in [3.63, 3.8) is 0 Å². The predicted octanol–water partition coefficient (Wildman–Crippen LogP) is 2.54. The first-order valence-corrected chi connectivity index (χ1v) is 7.82. The van der Waals surface area contributed by atoms with E-state index in [0.717, 1.165) is 44.3 Å². The van der Waals surface area contributed by atoms with Gasteiger partial charge in [0.05, 0.1) is 12.2 Å². The molecule has 1 heterocycles. The zero-order valence-electron chi connectivity index (χ0n) is 12.3. The maximum Gasteiger partial charge on any atom is 0.0947 e. The molecule has 0 bridgehead atoms. The lowest BCUT2D eigenvalue weighted by Gasteiger charge is -2.39. The fourth-order valence-electron chi connectivity index (χ4n) is 3.76. The van der Waals surface area contributed by atoms with Gasteiger partial charge in [0.15, 0.2) is 0 Å². The van der Waals surface area contributed by atoms with Gasteiger partial charge in [0.2, 0.25) is 0 Å². The zero-order chi connectivity index (χ0) is 13.9. The van der Waals surface area contributed by atoms with E-state index < -0.39 is 0 Å². The number of hydrogen-bond acceptors (Lipinski definition) is 3. The molecule has 110 valence electrons. The molecule has 1 fully saturated rings. The van der Waals surface area contributed by atoms with Crippen LogP contribution in [0.5, 0.6) is 0 Å². The maximum atomic E-state index is 10.8. The molecule has 3 rings (SSSR count). The number of methoxy groups -OCH3 is 1. The number of nitrogens with zero attached hydrogens (tertiary/aromatic N) is 1. The Bertz CT molecular complexity index is 448. The second-order valence-electron chi connectivity index (χ2n) is 6.10. The number of fused-ring (bicyclic) bond motifs is 1. The van der Waals surface area contributed by atoms with Crippen LogP contribution in [0.4, 0.5) is 0 Å². The summed E-state index contributed by atoms with van der Waals surface area (Å²) in [6.45, 7) is 2.05. The van der Waals surface area contributed by atoms with Crippen LogP contribution in [0.2, 0.25) is 0 Å². The van der Waals surface area contributed by atoms with Gasteiger partial charge in [0.1, 0.15) is 0 Å². The van der Waals surface area contributed by atoms with Gasteiger partial charge < -0.3 is 9.84 Å². The first kappa shape index (κ1) is 14.1. The molecular weight excluding hydrogens is 250 g/mol. The highest BCUT2D eigenvalue weighted by Gasteiger charge is 2.33. The van der Waals surface area contributed by atoms with Crippen LogP contribution in [0.1, 0.15) is 42.9 Å². The number of piperidine rings is 1. The summed E-state index contributed by atoms with van der Waals surface area (Å²) in [7, 11) is 1.80. The first-order chi connectivity index (χ1) is 9.79. The van der Waals surface area contributed by atoms with Crippen LogP contribution in [0, 0.1) is 0 Å². The lowest BCUT2D eigenvalue weighted by atomic mass is 9.96. The Hall–Kier alpha value is -0.900. The van der Waals surface area contributed by atoms with E-state index in [9.17, 15) is 5.11 Å². The van der Waals surface area contributed by atoms with Gasteiger partial charge >= 0.3 is 0 Å². The minimum Gasteiger partial charge on any atom is -0.387 e. The molecule has 2 aliphatic rings. The van der Waals surface area contributed by atoms with Crippen LogP contribution in [0.3, 0.4) is 0 Å². The molecule has 0 spiro atoms. The van der Waals surface area contributed by atoms with Gasteiger partial charge in [-0.1, -0.05) is 24.3 Å². The van der Waals surface area contributed by atoms with E-state index in [4.69, 9.17) is 4.74 Å². The molecule has 0 radical (unpaired) electrons. The molecule has 1 N–H and O–H groups in total. The minimum absolute atomic E-state index is 0.247. The third kappa shape index (κ3) is 2.76. The van der Waals surface area contributed by atoms with E-state index in [1.165, 1.54) is 12.0 Å². The third-order valence-corrected chi connectivity index (χ3v) is 4.90. The summed E-state index contributed by atoms with van der Waals surface area (Å²) in [6.07, 6.45) is 5.61. The molecule has 3 unspecified atom stereocenters. The quantitative estimate of drug-likeness (QED) is 0.842. The molecular formula is C17H25NO2. The Morgan fingerprint density at radius 2 is 2.05 bits per heavy atom. The summed E-state index contributed by atoms with van der Waals surface area (Å²) in [5, 5.41) is 10.8. The number of ether oxygens (including phenoxy) is 1. The minimum atomic E-state index is -0.357. The number of benzene rings is 1. The summed E-state index contributed by atoms with van der Waals surface area (Å²) in [6, 6.07) is 8.62. The SMILES string of the molecule is COC1CCCN(C2CCCc3ccccc3C2O)C1. The highest BCUT2D eigenvalue weighted by atomic mass is 16.5. The molecule has 1 aliphatic heterocycles. The summed E-state index contributed by atoms with van der Waals surface area (Å²) in [5.41, 5.74) is 2.46. The highest BCUT2D eigenvalue weighted by Crippen LogP contribution is 2.33. The zero-order valence-corrected chi connectivity index (χ0v) is 12.3. The van der Waals surface area contributed by atoms with E-state index in [-0.39, 0.29) is 12.1 Å². The van der Waals surface area contributed by atoms with Crippen molar-refractivity contribution in [1.29, 1.82) is 0 Å². The lowest BCUT2D eigenvalue weighted by Crippen LogP contribution is -2.47. The Morgan fingerprint density at radius 1 is 1.20 bits per heavy atom. The second kappa shape index (κ2) is 6.25. The van der Waals surface area contributed by atoms with E-state index in [1.807, 2.05) is 6.07 Å². The van der Waals surface area contributed by atoms with Gasteiger partial charge in [-0.15, -0.1) is 0 Å². The van der Waals surface area contributed by atoms with Gasteiger partial charge in [-0.05, 0) is 49.8 Å². The number of likely N-dealkylation sites (tertiary alicyclic amines) is 1. The Kier molecular flexibility index (Phi) is 4.39. The third-order valence-electron chi connectivity index (χ3n) is 4.90. The summed E-state index contributed by atoms with van der Waals surface area (Å²) >= 11 is 0. The van der Waals surface area contributed by atoms with E-state index in [0.29, 0.717) is 6.10 Å². The van der Waals surface area contributed by atoms with Crippen molar-refractivity contribution < 1.29 is 9.84 Å². The number of aliphatic hydroxyl groups excluding tert-OH is 1. The Morgan fingerprint density at radius 3 is 2.90 bits per heavy atom. The molecule has 0 aromatic heterocycles. The van der Waals surface area contributed by atoms with Crippen LogP contribution < -0.4 is 0 Å². The average Bonchev–Trinajstić information content (AvgIpc) is 2.67. The maximum absolute atomic E-state index is 10.8. The van der Waals surface area contributed by atoms with Gasteiger partial charge in [0, 0.05) is 19.7 Å². The van der Waals surface area contributed by atoms with Crippen molar-refractivity contribution >= 4 is 0 Å². The van der Waals surface area contributed by atoms with Crippen molar-refractivity contribution in [3.8, 4) is 0 Å². The van der Waals surface area contributed by atoms with Gasteiger partial charge in [-0.3, -0.25) is 4.90 Å². The first-order valence-electron chi connectivity index (χ1n) is 7.82. The Balaban J connectivity index is 1.80. The van der Waals surface area contributed by atoms with Crippen molar-refractivity contribution in [2.24, 2.45) is 0 Å². The van der Waals surface area contributed by atoms with Crippen molar-refractivity contribution in [1.82, 2.24) is 4.90 Å². The smallest absolute Gasteiger partial charge is 0.0947 e. The molecule has 1 aromatic rings. The Labute approximate surface area is 121 Å². The normalized spacial score (nSPS) is 31.6. The molecule has 20 heavy (non-hydrogen) atoms. The van der Waals surface area contributed by atoms with E-state index in [1.54, 1.807) is 7.11 Å². The van der Waals surface area contributed by atoms with Gasteiger partial charge in [-0.25, -0.2) is 0 Å². The standard InChI is InChI=1S/C17H25NO2/c1-20-14-8-5-11-18(12-14)16-10-4-7-13-6-2-3-9-15(13)17(16)19/h2-3,6,9,14,16-17,19H,4-5,7-8,10-12H2,1H3. The van der Waals surface area contributed by atoms with Crippen molar-refractivity contribution in [2.45, 2.75) is 50.4 Å². The molecule has 1 aliphatic carbocycles. The van der Waals surface area contributed by atoms with Crippen LogP contribution in [0.25, 0.3) is 0 Å². The van der Waals surface area contributed by atoms with Gasteiger partial charge in [0.25, 0.3) is 0 Å². The number of hydrogen-bond donors (Lipinski definition) is 1. The van der Waals surface area contributed by atoms with Crippen LogP contribution in [-0.2, 0) is 11.2 Å². The van der Waals surface area contributed by atoms with Crippen LogP contribution in [0.15, 0.2) is 24.3 Å². The monoisotopic (exact) mass is 275 g/mol.